The third-order valence-corrected chi connectivity index (χ3v) is 5.38. The van der Waals surface area contributed by atoms with Crippen LogP contribution in [0.25, 0.3) is 0 Å². The van der Waals surface area contributed by atoms with E-state index >= 15 is 0 Å². The maximum absolute atomic E-state index is 13.2. The second-order valence-electron chi connectivity index (χ2n) is 6.51. The van der Waals surface area contributed by atoms with Gasteiger partial charge in [-0.1, -0.05) is 43.2 Å². The molecule has 0 radical (unpaired) electrons. The van der Waals surface area contributed by atoms with Gasteiger partial charge in [0.25, 0.3) is 0 Å². The number of halogens is 1. The van der Waals surface area contributed by atoms with Gasteiger partial charge in [-0.15, -0.1) is 12.4 Å². The van der Waals surface area contributed by atoms with Crippen molar-refractivity contribution in [3.05, 3.63) is 35.9 Å². The van der Waals surface area contributed by atoms with Gasteiger partial charge in [0.05, 0.1) is 5.41 Å². The van der Waals surface area contributed by atoms with Crippen molar-refractivity contribution in [3.63, 3.8) is 0 Å². The van der Waals surface area contributed by atoms with Gasteiger partial charge in [-0.25, -0.2) is 0 Å². The second kappa shape index (κ2) is 7.47. The maximum atomic E-state index is 13.2. The number of carbonyl (C=O) groups is 1. The molecule has 2 aliphatic rings. The fraction of sp³-hybridized carbons (Fsp3) is 0.611. The molecule has 0 aromatic heterocycles. The lowest BCUT2D eigenvalue weighted by Gasteiger charge is -2.38. The number of hydrogen-bond acceptors (Lipinski definition) is 2. The van der Waals surface area contributed by atoms with Crippen LogP contribution in [0.3, 0.4) is 0 Å². The third kappa shape index (κ3) is 3.16. The van der Waals surface area contributed by atoms with Crippen molar-refractivity contribution in [2.24, 2.45) is 0 Å². The highest BCUT2D eigenvalue weighted by atomic mass is 35.5. The number of amides is 1. The van der Waals surface area contributed by atoms with Crippen molar-refractivity contribution in [1.82, 2.24) is 10.2 Å². The number of likely N-dealkylation sites (tertiary alicyclic amines) is 1. The van der Waals surface area contributed by atoms with E-state index in [0.29, 0.717) is 11.9 Å². The first-order valence-corrected chi connectivity index (χ1v) is 8.28. The van der Waals surface area contributed by atoms with Crippen LogP contribution in [0.15, 0.2) is 30.3 Å². The van der Waals surface area contributed by atoms with E-state index < -0.39 is 0 Å². The van der Waals surface area contributed by atoms with E-state index in [2.05, 4.69) is 34.5 Å². The Balaban J connectivity index is 0.00000176. The summed E-state index contributed by atoms with van der Waals surface area (Å²) in [5.41, 5.74) is 0.983. The van der Waals surface area contributed by atoms with Gasteiger partial charge in [0.2, 0.25) is 5.91 Å². The first-order chi connectivity index (χ1) is 10.3. The minimum atomic E-state index is -0.242. The molecule has 0 unspecified atom stereocenters. The second-order valence-corrected chi connectivity index (χ2v) is 6.51. The van der Waals surface area contributed by atoms with Crippen LogP contribution in [0.4, 0.5) is 0 Å². The molecule has 1 amide bonds. The molecule has 1 aromatic rings. The molecule has 1 aliphatic heterocycles. The molecule has 3 nitrogen and oxygen atoms in total. The van der Waals surface area contributed by atoms with Gasteiger partial charge in [-0.3, -0.25) is 4.79 Å². The smallest absolute Gasteiger partial charge is 0.233 e. The Morgan fingerprint density at radius 2 is 1.73 bits per heavy atom. The number of nitrogens with zero attached hydrogens (tertiary/aromatic N) is 1. The molecule has 1 heterocycles. The first kappa shape index (κ1) is 17.3. The molecule has 0 atom stereocenters. The Bertz CT molecular complexity index is 477. The van der Waals surface area contributed by atoms with Crippen LogP contribution in [0.1, 0.15) is 44.1 Å². The van der Waals surface area contributed by atoms with Crippen molar-refractivity contribution in [3.8, 4) is 0 Å². The molecule has 0 spiro atoms. The summed E-state index contributed by atoms with van der Waals surface area (Å²) in [6, 6.07) is 11.0. The molecule has 2 fully saturated rings. The first-order valence-electron chi connectivity index (χ1n) is 8.28. The Labute approximate surface area is 139 Å². The van der Waals surface area contributed by atoms with Crippen molar-refractivity contribution in [1.29, 1.82) is 0 Å². The molecule has 1 aliphatic carbocycles. The molecule has 3 rings (SSSR count). The Morgan fingerprint density at radius 1 is 1.14 bits per heavy atom. The van der Waals surface area contributed by atoms with Crippen LogP contribution in [-0.2, 0) is 10.2 Å². The quantitative estimate of drug-likeness (QED) is 0.927. The van der Waals surface area contributed by atoms with Gasteiger partial charge in [-0.05, 0) is 38.3 Å². The highest BCUT2D eigenvalue weighted by Crippen LogP contribution is 2.42. The molecule has 1 N–H and O–H groups in total. The molecule has 0 bridgehead atoms. The van der Waals surface area contributed by atoms with Gasteiger partial charge in [0.1, 0.15) is 0 Å². The van der Waals surface area contributed by atoms with Crippen LogP contribution in [0.5, 0.6) is 0 Å². The summed E-state index contributed by atoms with van der Waals surface area (Å²) in [6.07, 6.45) is 6.53. The molecule has 1 saturated heterocycles. The van der Waals surface area contributed by atoms with Crippen LogP contribution in [0, 0.1) is 0 Å². The Hall–Kier alpha value is -1.06. The van der Waals surface area contributed by atoms with Gasteiger partial charge < -0.3 is 10.2 Å². The van der Waals surface area contributed by atoms with E-state index in [9.17, 15) is 4.79 Å². The molecular formula is C18H27ClN2O. The fourth-order valence-electron chi connectivity index (χ4n) is 4.04. The van der Waals surface area contributed by atoms with Gasteiger partial charge in [-0.2, -0.15) is 0 Å². The standard InChI is InChI=1S/C18H26N2O.ClH/c1-19-16-9-13-20(14-10-16)17(21)18(11-5-6-12-18)15-7-3-2-4-8-15;/h2-4,7-8,16,19H,5-6,9-14H2,1H3;1H. The van der Waals surface area contributed by atoms with Crippen molar-refractivity contribution in [2.45, 2.75) is 50.0 Å². The van der Waals surface area contributed by atoms with Crippen LogP contribution in [-0.4, -0.2) is 37.0 Å². The predicted molar refractivity (Wildman–Crippen MR) is 92.5 cm³/mol. The molecule has 122 valence electrons. The zero-order valence-corrected chi connectivity index (χ0v) is 14.2. The minimum Gasteiger partial charge on any atom is -0.342 e. The Morgan fingerprint density at radius 3 is 2.27 bits per heavy atom. The molecular weight excluding hydrogens is 296 g/mol. The zero-order chi connectivity index (χ0) is 14.7. The summed E-state index contributed by atoms with van der Waals surface area (Å²) in [6.45, 7) is 1.80. The largest absolute Gasteiger partial charge is 0.342 e. The SMILES string of the molecule is CNC1CCN(C(=O)C2(c3ccccc3)CCCC2)CC1.Cl. The van der Waals surface area contributed by atoms with E-state index in [4.69, 9.17) is 0 Å². The minimum absolute atomic E-state index is 0. The molecule has 4 heteroatoms. The molecule has 1 saturated carbocycles. The summed E-state index contributed by atoms with van der Waals surface area (Å²) in [5.74, 6) is 0.376. The average Bonchev–Trinajstić information content (AvgIpc) is 3.06. The van der Waals surface area contributed by atoms with Gasteiger partial charge in [0.15, 0.2) is 0 Å². The van der Waals surface area contributed by atoms with Crippen LogP contribution >= 0.6 is 12.4 Å². The van der Waals surface area contributed by atoms with Gasteiger partial charge in [0, 0.05) is 19.1 Å². The number of hydrogen-bond donors (Lipinski definition) is 1. The van der Waals surface area contributed by atoms with E-state index in [1.807, 2.05) is 13.1 Å². The third-order valence-electron chi connectivity index (χ3n) is 5.38. The highest BCUT2D eigenvalue weighted by Gasteiger charge is 2.45. The van der Waals surface area contributed by atoms with Crippen molar-refractivity contribution in [2.75, 3.05) is 20.1 Å². The summed E-state index contributed by atoms with van der Waals surface area (Å²) in [4.78, 5) is 15.3. The molecule has 1 aromatic carbocycles. The maximum Gasteiger partial charge on any atom is 0.233 e. The number of rotatable bonds is 3. The lowest BCUT2D eigenvalue weighted by atomic mass is 9.77. The number of benzene rings is 1. The fourth-order valence-corrected chi connectivity index (χ4v) is 4.04. The predicted octanol–water partition coefficient (Wildman–Crippen LogP) is 3.13. The van der Waals surface area contributed by atoms with E-state index in [0.717, 1.165) is 38.8 Å². The summed E-state index contributed by atoms with van der Waals surface area (Å²) in [7, 11) is 2.02. The van der Waals surface area contributed by atoms with Gasteiger partial charge >= 0.3 is 0 Å². The summed E-state index contributed by atoms with van der Waals surface area (Å²) in [5, 5.41) is 3.34. The summed E-state index contributed by atoms with van der Waals surface area (Å²) < 4.78 is 0. The lowest BCUT2D eigenvalue weighted by molar-refractivity contribution is -0.138. The number of piperidine rings is 1. The van der Waals surface area contributed by atoms with Crippen molar-refractivity contribution < 1.29 is 4.79 Å². The zero-order valence-electron chi connectivity index (χ0n) is 13.4. The highest BCUT2D eigenvalue weighted by molar-refractivity contribution is 5.88. The Kier molecular flexibility index (Phi) is 5.87. The summed E-state index contributed by atoms with van der Waals surface area (Å²) >= 11 is 0. The monoisotopic (exact) mass is 322 g/mol. The van der Waals surface area contributed by atoms with E-state index in [1.165, 1.54) is 18.4 Å². The van der Waals surface area contributed by atoms with Crippen LogP contribution < -0.4 is 5.32 Å². The van der Waals surface area contributed by atoms with E-state index in [-0.39, 0.29) is 17.8 Å². The normalized spacial score (nSPS) is 21.4. The van der Waals surface area contributed by atoms with Crippen molar-refractivity contribution >= 4 is 18.3 Å². The molecule has 22 heavy (non-hydrogen) atoms. The average molecular weight is 323 g/mol. The number of nitrogens with one attached hydrogen (secondary N) is 1. The van der Waals surface area contributed by atoms with Crippen LogP contribution in [0.2, 0.25) is 0 Å². The topological polar surface area (TPSA) is 32.3 Å². The lowest BCUT2D eigenvalue weighted by Crippen LogP contribution is -2.50. The van der Waals surface area contributed by atoms with E-state index in [1.54, 1.807) is 0 Å². The number of carbonyl (C=O) groups excluding carboxylic acids is 1.